The molecule has 0 atom stereocenters. The van der Waals surface area contributed by atoms with Gasteiger partial charge in [-0.1, -0.05) is 18.2 Å². The molecule has 5 nitrogen and oxygen atoms in total. The van der Waals surface area contributed by atoms with Crippen molar-refractivity contribution in [3.05, 3.63) is 54.1 Å². The van der Waals surface area contributed by atoms with Gasteiger partial charge in [0.25, 0.3) is 10.0 Å². The van der Waals surface area contributed by atoms with E-state index in [9.17, 15) is 16.8 Å². The second-order valence-electron chi connectivity index (χ2n) is 5.20. The first kappa shape index (κ1) is 15.1. The van der Waals surface area contributed by atoms with E-state index < -0.39 is 19.9 Å². The number of hydrogen-bond acceptors (Lipinski definition) is 4. The van der Waals surface area contributed by atoms with Crippen molar-refractivity contribution < 1.29 is 16.8 Å². The van der Waals surface area contributed by atoms with E-state index in [4.69, 9.17) is 0 Å². The number of sulfone groups is 1. The van der Waals surface area contributed by atoms with E-state index in [1.807, 2.05) is 12.1 Å². The Kier molecular flexibility index (Phi) is 3.49. The molecular formula is C15H15NO4S2. The molecular weight excluding hydrogens is 322 g/mol. The minimum Gasteiger partial charge on any atom is -0.266 e. The molecule has 0 saturated heterocycles. The van der Waals surface area contributed by atoms with Crippen molar-refractivity contribution in [3.8, 4) is 0 Å². The number of anilines is 1. The summed E-state index contributed by atoms with van der Waals surface area (Å²) in [6.45, 7) is 0.398. The standard InChI is InChI=1S/C15H15NO4S2/c1-21(17,18)13-6-8-14(9-7-13)22(19,20)16-11-10-12-4-2-3-5-15(12)16/h2-9H,10-11H2,1H3. The van der Waals surface area contributed by atoms with Crippen LogP contribution in [-0.4, -0.2) is 29.6 Å². The fraction of sp³-hybridized carbons (Fsp3) is 0.200. The van der Waals surface area contributed by atoms with Gasteiger partial charge < -0.3 is 0 Å². The highest BCUT2D eigenvalue weighted by molar-refractivity contribution is 7.93. The first-order valence-corrected chi connectivity index (χ1v) is 10.0. The molecule has 0 fully saturated rings. The summed E-state index contributed by atoms with van der Waals surface area (Å²) in [7, 11) is -7.02. The van der Waals surface area contributed by atoms with Gasteiger partial charge in [-0.05, 0) is 42.3 Å². The number of hydrogen-bond donors (Lipinski definition) is 0. The maximum atomic E-state index is 12.7. The lowest BCUT2D eigenvalue weighted by molar-refractivity contribution is 0.591. The third-order valence-electron chi connectivity index (χ3n) is 3.68. The van der Waals surface area contributed by atoms with Crippen LogP contribution in [-0.2, 0) is 26.3 Å². The highest BCUT2D eigenvalue weighted by atomic mass is 32.2. The molecule has 3 rings (SSSR count). The summed E-state index contributed by atoms with van der Waals surface area (Å²) in [5.41, 5.74) is 1.69. The van der Waals surface area contributed by atoms with Crippen molar-refractivity contribution >= 4 is 25.5 Å². The van der Waals surface area contributed by atoms with Gasteiger partial charge >= 0.3 is 0 Å². The predicted molar refractivity (Wildman–Crippen MR) is 84.2 cm³/mol. The molecule has 1 aliphatic rings. The van der Waals surface area contributed by atoms with Crippen LogP contribution in [0.25, 0.3) is 0 Å². The minimum absolute atomic E-state index is 0.0941. The Hall–Kier alpha value is -1.86. The molecule has 0 unspecified atom stereocenters. The summed E-state index contributed by atoms with van der Waals surface area (Å²) in [6, 6.07) is 12.7. The third-order valence-corrected chi connectivity index (χ3v) is 6.64. The van der Waals surface area contributed by atoms with Gasteiger partial charge in [0.05, 0.1) is 15.5 Å². The van der Waals surface area contributed by atoms with Crippen LogP contribution in [0.2, 0.25) is 0 Å². The Balaban J connectivity index is 2.01. The van der Waals surface area contributed by atoms with Crippen molar-refractivity contribution in [1.29, 1.82) is 0 Å². The van der Waals surface area contributed by atoms with E-state index in [0.29, 0.717) is 18.7 Å². The topological polar surface area (TPSA) is 71.5 Å². The van der Waals surface area contributed by atoms with Gasteiger partial charge in [0, 0.05) is 12.8 Å². The number of para-hydroxylation sites is 1. The molecule has 1 aliphatic heterocycles. The third kappa shape index (κ3) is 2.50. The Morgan fingerprint density at radius 1 is 0.864 bits per heavy atom. The van der Waals surface area contributed by atoms with Crippen LogP contribution in [0.1, 0.15) is 5.56 Å². The van der Waals surface area contributed by atoms with Crippen LogP contribution >= 0.6 is 0 Å². The Labute approximate surface area is 130 Å². The van der Waals surface area contributed by atoms with Crippen LogP contribution in [0.3, 0.4) is 0 Å². The first-order valence-electron chi connectivity index (χ1n) is 6.71. The number of rotatable bonds is 3. The summed E-state index contributed by atoms with van der Waals surface area (Å²) in [5.74, 6) is 0. The van der Waals surface area contributed by atoms with Gasteiger partial charge in [0.1, 0.15) is 0 Å². The van der Waals surface area contributed by atoms with E-state index in [2.05, 4.69) is 0 Å². The molecule has 116 valence electrons. The number of sulfonamides is 1. The maximum absolute atomic E-state index is 12.7. The molecule has 0 bridgehead atoms. The van der Waals surface area contributed by atoms with Crippen molar-refractivity contribution in [1.82, 2.24) is 0 Å². The molecule has 1 heterocycles. The van der Waals surface area contributed by atoms with Crippen LogP contribution in [0.5, 0.6) is 0 Å². The molecule has 2 aromatic rings. The van der Waals surface area contributed by atoms with Crippen LogP contribution in [0.4, 0.5) is 5.69 Å². The SMILES string of the molecule is CS(=O)(=O)c1ccc(S(=O)(=O)N2CCc3ccccc32)cc1. The minimum atomic E-state index is -3.68. The molecule has 0 aromatic heterocycles. The Bertz CT molecular complexity index is 916. The molecule has 0 amide bonds. The van der Waals surface area contributed by atoms with Crippen molar-refractivity contribution in [2.24, 2.45) is 0 Å². The normalized spacial score (nSPS) is 14.9. The van der Waals surface area contributed by atoms with Crippen molar-refractivity contribution in [2.45, 2.75) is 16.2 Å². The van der Waals surface area contributed by atoms with Gasteiger partial charge in [-0.2, -0.15) is 0 Å². The Morgan fingerprint density at radius 2 is 1.45 bits per heavy atom. The average molecular weight is 337 g/mol. The van der Waals surface area contributed by atoms with Crippen LogP contribution in [0, 0.1) is 0 Å². The van der Waals surface area contributed by atoms with Gasteiger partial charge in [-0.3, -0.25) is 4.31 Å². The largest absolute Gasteiger partial charge is 0.266 e. The zero-order valence-electron chi connectivity index (χ0n) is 11.9. The molecule has 0 aliphatic carbocycles. The smallest absolute Gasteiger partial charge is 0.264 e. The van der Waals surface area contributed by atoms with E-state index >= 15 is 0 Å². The zero-order valence-corrected chi connectivity index (χ0v) is 13.6. The average Bonchev–Trinajstić information content (AvgIpc) is 2.91. The molecule has 0 spiro atoms. The van der Waals surface area contributed by atoms with Crippen LogP contribution in [0.15, 0.2) is 58.3 Å². The Morgan fingerprint density at radius 3 is 2.09 bits per heavy atom. The lowest BCUT2D eigenvalue weighted by atomic mass is 10.2. The van der Waals surface area contributed by atoms with Gasteiger partial charge in [0.15, 0.2) is 9.84 Å². The van der Waals surface area contributed by atoms with Crippen molar-refractivity contribution in [3.63, 3.8) is 0 Å². The number of benzene rings is 2. The first-order chi connectivity index (χ1) is 10.3. The van der Waals surface area contributed by atoms with Gasteiger partial charge in [-0.25, -0.2) is 16.8 Å². The monoisotopic (exact) mass is 337 g/mol. The summed E-state index contributed by atoms with van der Waals surface area (Å²) >= 11 is 0. The summed E-state index contributed by atoms with van der Waals surface area (Å²) in [6.07, 6.45) is 1.77. The zero-order chi connectivity index (χ0) is 16.0. The summed E-state index contributed by atoms with van der Waals surface area (Å²) in [5, 5.41) is 0. The van der Waals surface area contributed by atoms with Gasteiger partial charge in [0.2, 0.25) is 0 Å². The quantitative estimate of drug-likeness (QED) is 0.857. The number of fused-ring (bicyclic) bond motifs is 1. The van der Waals surface area contributed by atoms with Crippen molar-refractivity contribution in [2.75, 3.05) is 17.1 Å². The molecule has 0 saturated carbocycles. The molecule has 0 N–H and O–H groups in total. The maximum Gasteiger partial charge on any atom is 0.264 e. The second-order valence-corrected chi connectivity index (χ2v) is 9.08. The lowest BCUT2D eigenvalue weighted by Gasteiger charge is -2.19. The number of nitrogens with zero attached hydrogens (tertiary/aromatic N) is 1. The molecule has 0 radical (unpaired) electrons. The van der Waals surface area contributed by atoms with Crippen LogP contribution < -0.4 is 4.31 Å². The van der Waals surface area contributed by atoms with Gasteiger partial charge in [-0.15, -0.1) is 0 Å². The second kappa shape index (κ2) is 5.10. The fourth-order valence-electron chi connectivity index (χ4n) is 2.54. The molecule has 22 heavy (non-hydrogen) atoms. The van der Waals surface area contributed by atoms with E-state index in [-0.39, 0.29) is 9.79 Å². The predicted octanol–water partition coefficient (Wildman–Crippen LogP) is 1.84. The summed E-state index contributed by atoms with van der Waals surface area (Å²) in [4.78, 5) is 0.199. The highest BCUT2D eigenvalue weighted by Crippen LogP contribution is 2.32. The molecule has 2 aromatic carbocycles. The van der Waals surface area contributed by atoms with E-state index in [1.165, 1.54) is 28.6 Å². The van der Waals surface area contributed by atoms with E-state index in [1.54, 1.807) is 12.1 Å². The fourth-order valence-corrected chi connectivity index (χ4v) is 4.68. The highest BCUT2D eigenvalue weighted by Gasteiger charge is 2.30. The lowest BCUT2D eigenvalue weighted by Crippen LogP contribution is -2.29. The van der Waals surface area contributed by atoms with E-state index in [0.717, 1.165) is 11.8 Å². The summed E-state index contributed by atoms with van der Waals surface area (Å²) < 4.78 is 49.7. The molecule has 7 heteroatoms.